The summed E-state index contributed by atoms with van der Waals surface area (Å²) in [6.45, 7) is 9.61. The van der Waals surface area contributed by atoms with E-state index in [0.29, 0.717) is 19.5 Å². The molecule has 0 saturated heterocycles. The fraction of sp³-hybridized carbons (Fsp3) is 0.526. The fourth-order valence-electron chi connectivity index (χ4n) is 3.12. The van der Waals surface area contributed by atoms with Gasteiger partial charge in [-0.3, -0.25) is 4.79 Å². The molecule has 28 heavy (non-hydrogen) atoms. The number of rotatable bonds is 6. The first-order chi connectivity index (χ1) is 13.1. The van der Waals surface area contributed by atoms with Gasteiger partial charge >= 0.3 is 0 Å². The van der Waals surface area contributed by atoms with Gasteiger partial charge in [-0.2, -0.15) is 0 Å². The van der Waals surface area contributed by atoms with Crippen LogP contribution in [0.4, 0.5) is 0 Å². The van der Waals surface area contributed by atoms with Crippen molar-refractivity contribution in [1.82, 2.24) is 20.5 Å². The normalized spacial score (nSPS) is 13.7. The minimum atomic E-state index is 0. The Morgan fingerprint density at radius 2 is 2.18 bits per heavy atom. The second-order valence-electron chi connectivity index (χ2n) is 6.55. The van der Waals surface area contributed by atoms with Gasteiger partial charge in [-0.15, -0.1) is 46.7 Å². The Balaban J connectivity index is 0.00000280. The molecule has 0 aromatic carbocycles. The van der Waals surface area contributed by atoms with E-state index in [4.69, 9.17) is 0 Å². The van der Waals surface area contributed by atoms with Gasteiger partial charge in [-0.1, -0.05) is 0 Å². The molecule has 2 N–H and O–H groups in total. The first-order valence-electron chi connectivity index (χ1n) is 9.35. The zero-order chi connectivity index (χ0) is 19.2. The summed E-state index contributed by atoms with van der Waals surface area (Å²) in [6.07, 6.45) is 1.45. The van der Waals surface area contributed by atoms with Gasteiger partial charge in [0, 0.05) is 42.4 Å². The third-order valence-corrected chi connectivity index (χ3v) is 6.60. The molecule has 2 aromatic heterocycles. The Kier molecular flexibility index (Phi) is 9.16. The third kappa shape index (κ3) is 6.15. The van der Waals surface area contributed by atoms with Crippen LogP contribution in [-0.4, -0.2) is 41.4 Å². The number of amides is 1. The highest BCUT2D eigenvalue weighted by molar-refractivity contribution is 14.0. The van der Waals surface area contributed by atoms with Gasteiger partial charge in [0.25, 0.3) is 0 Å². The molecule has 0 bridgehead atoms. The van der Waals surface area contributed by atoms with E-state index in [1.54, 1.807) is 22.7 Å². The number of aliphatic imine (C=N–C) groups is 1. The monoisotopic (exact) mass is 533 g/mol. The number of carbonyl (C=O) groups is 1. The molecule has 9 heteroatoms. The van der Waals surface area contributed by atoms with Crippen LogP contribution in [0, 0.1) is 13.8 Å². The van der Waals surface area contributed by atoms with Crippen molar-refractivity contribution >= 4 is 58.5 Å². The van der Waals surface area contributed by atoms with Crippen LogP contribution in [0.2, 0.25) is 0 Å². The summed E-state index contributed by atoms with van der Waals surface area (Å²) >= 11 is 3.48. The molecule has 1 amide bonds. The Hall–Kier alpha value is -1.20. The van der Waals surface area contributed by atoms with Crippen molar-refractivity contribution in [2.75, 3.05) is 19.6 Å². The second-order valence-corrected chi connectivity index (χ2v) is 8.84. The van der Waals surface area contributed by atoms with E-state index in [2.05, 4.69) is 32.1 Å². The summed E-state index contributed by atoms with van der Waals surface area (Å²) < 4.78 is 0. The van der Waals surface area contributed by atoms with E-state index in [0.717, 1.165) is 42.7 Å². The summed E-state index contributed by atoms with van der Waals surface area (Å²) in [4.78, 5) is 26.2. The predicted molar refractivity (Wildman–Crippen MR) is 128 cm³/mol. The number of thiophene rings is 1. The van der Waals surface area contributed by atoms with E-state index in [1.807, 2.05) is 25.7 Å². The molecule has 3 heterocycles. The first-order valence-corrected chi connectivity index (χ1v) is 11.0. The number of guanidine groups is 1. The Labute approximate surface area is 191 Å². The van der Waals surface area contributed by atoms with Crippen molar-refractivity contribution in [3.05, 3.63) is 37.5 Å². The molecule has 0 saturated carbocycles. The summed E-state index contributed by atoms with van der Waals surface area (Å²) in [6, 6.07) is 2.14. The van der Waals surface area contributed by atoms with Crippen LogP contribution in [0.25, 0.3) is 0 Å². The number of fused-ring (bicyclic) bond motifs is 1. The van der Waals surface area contributed by atoms with Gasteiger partial charge in [0.2, 0.25) is 5.91 Å². The lowest BCUT2D eigenvalue weighted by molar-refractivity contribution is -0.131. The zero-order valence-corrected chi connectivity index (χ0v) is 20.5. The number of thiazole rings is 1. The number of nitrogens with zero attached hydrogens (tertiary/aromatic N) is 3. The van der Waals surface area contributed by atoms with E-state index in [1.165, 1.54) is 15.3 Å². The maximum absolute atomic E-state index is 12.5. The lowest BCUT2D eigenvalue weighted by Crippen LogP contribution is -2.41. The molecule has 2 aromatic rings. The standard InChI is InChI=1S/C19H27N5OS2.HI/c1-4-20-19(22-11-17-13(2)23-14(3)27-17)21-8-5-18(25)24-9-6-16-15(12-24)7-10-26-16;/h7,10H,4-6,8-9,11-12H2,1-3H3,(H2,20,21,22);1H. The van der Waals surface area contributed by atoms with Crippen molar-refractivity contribution in [2.45, 2.75) is 46.7 Å². The lowest BCUT2D eigenvalue weighted by atomic mass is 10.1. The molecule has 6 nitrogen and oxygen atoms in total. The smallest absolute Gasteiger partial charge is 0.224 e. The highest BCUT2D eigenvalue weighted by Crippen LogP contribution is 2.24. The quantitative estimate of drug-likeness (QED) is 0.339. The van der Waals surface area contributed by atoms with Crippen molar-refractivity contribution in [2.24, 2.45) is 4.99 Å². The van der Waals surface area contributed by atoms with Crippen molar-refractivity contribution in [1.29, 1.82) is 0 Å². The molecule has 0 aliphatic carbocycles. The molecular formula is C19H28IN5OS2. The molecule has 0 spiro atoms. The number of halogens is 1. The largest absolute Gasteiger partial charge is 0.357 e. The minimum absolute atomic E-state index is 0. The summed E-state index contributed by atoms with van der Waals surface area (Å²) in [7, 11) is 0. The van der Waals surface area contributed by atoms with Crippen LogP contribution in [-0.2, 0) is 24.3 Å². The van der Waals surface area contributed by atoms with Crippen LogP contribution in [0.1, 0.15) is 39.4 Å². The Morgan fingerprint density at radius 1 is 1.36 bits per heavy atom. The number of hydrogen-bond acceptors (Lipinski definition) is 5. The maximum atomic E-state index is 12.5. The Bertz CT molecular complexity index is 817. The van der Waals surface area contributed by atoms with Gasteiger partial charge in [0.15, 0.2) is 5.96 Å². The van der Waals surface area contributed by atoms with Gasteiger partial charge in [-0.05, 0) is 44.2 Å². The van der Waals surface area contributed by atoms with E-state index in [-0.39, 0.29) is 29.9 Å². The summed E-state index contributed by atoms with van der Waals surface area (Å²) in [5, 5.41) is 9.70. The van der Waals surface area contributed by atoms with E-state index in [9.17, 15) is 4.79 Å². The van der Waals surface area contributed by atoms with E-state index >= 15 is 0 Å². The molecule has 3 rings (SSSR count). The number of nitrogens with one attached hydrogen (secondary N) is 2. The minimum Gasteiger partial charge on any atom is -0.357 e. The predicted octanol–water partition coefficient (Wildman–Crippen LogP) is 3.47. The highest BCUT2D eigenvalue weighted by atomic mass is 127. The Morgan fingerprint density at radius 3 is 2.89 bits per heavy atom. The molecule has 1 aliphatic rings. The van der Waals surface area contributed by atoms with Gasteiger partial charge in [-0.25, -0.2) is 9.98 Å². The zero-order valence-electron chi connectivity index (χ0n) is 16.6. The average molecular weight is 534 g/mol. The van der Waals surface area contributed by atoms with Gasteiger partial charge in [0.05, 0.1) is 17.2 Å². The number of hydrogen-bond donors (Lipinski definition) is 2. The molecule has 154 valence electrons. The topological polar surface area (TPSA) is 69.6 Å². The fourth-order valence-corrected chi connectivity index (χ4v) is 4.87. The summed E-state index contributed by atoms with van der Waals surface area (Å²) in [5.74, 6) is 0.943. The molecule has 0 radical (unpaired) electrons. The molecule has 0 unspecified atom stereocenters. The van der Waals surface area contributed by atoms with Crippen LogP contribution in [0.5, 0.6) is 0 Å². The van der Waals surface area contributed by atoms with Crippen LogP contribution in [0.3, 0.4) is 0 Å². The average Bonchev–Trinajstić information content (AvgIpc) is 3.24. The van der Waals surface area contributed by atoms with Gasteiger partial charge < -0.3 is 15.5 Å². The van der Waals surface area contributed by atoms with Crippen molar-refractivity contribution in [3.8, 4) is 0 Å². The van der Waals surface area contributed by atoms with Gasteiger partial charge in [0.1, 0.15) is 0 Å². The van der Waals surface area contributed by atoms with Crippen molar-refractivity contribution < 1.29 is 4.79 Å². The maximum Gasteiger partial charge on any atom is 0.224 e. The van der Waals surface area contributed by atoms with E-state index < -0.39 is 0 Å². The molecule has 0 fully saturated rings. The number of carbonyl (C=O) groups excluding carboxylic acids is 1. The number of aromatic nitrogens is 1. The number of aryl methyl sites for hydroxylation is 2. The van der Waals surface area contributed by atoms with Crippen LogP contribution < -0.4 is 10.6 Å². The van der Waals surface area contributed by atoms with Crippen molar-refractivity contribution in [3.63, 3.8) is 0 Å². The molecular weight excluding hydrogens is 505 g/mol. The molecule has 1 aliphatic heterocycles. The highest BCUT2D eigenvalue weighted by Gasteiger charge is 2.21. The lowest BCUT2D eigenvalue weighted by Gasteiger charge is -2.27. The second kappa shape index (κ2) is 11.1. The van der Waals surface area contributed by atoms with Crippen LogP contribution >= 0.6 is 46.7 Å². The first kappa shape index (κ1) is 23.1. The summed E-state index contributed by atoms with van der Waals surface area (Å²) in [5.41, 5.74) is 2.35. The SMILES string of the molecule is CCNC(=NCc1sc(C)nc1C)NCCC(=O)N1CCc2sccc2C1.I. The molecule has 0 atom stereocenters. The third-order valence-electron chi connectivity index (χ3n) is 4.52. The van der Waals surface area contributed by atoms with Crippen LogP contribution in [0.15, 0.2) is 16.4 Å².